The second kappa shape index (κ2) is 9.42. The van der Waals surface area contributed by atoms with Crippen molar-refractivity contribution in [3.63, 3.8) is 0 Å². The summed E-state index contributed by atoms with van der Waals surface area (Å²) in [6.45, 7) is 7.75. The van der Waals surface area contributed by atoms with Gasteiger partial charge in [-0.1, -0.05) is 26.0 Å². The Bertz CT molecular complexity index is 1470. The number of fused-ring (bicyclic) bond motifs is 1. The van der Waals surface area contributed by atoms with E-state index in [-0.39, 0.29) is 17.5 Å². The lowest BCUT2D eigenvalue weighted by atomic mass is 9.97. The quantitative estimate of drug-likeness (QED) is 0.410. The van der Waals surface area contributed by atoms with Crippen molar-refractivity contribution < 1.29 is 9.90 Å². The second-order valence-electron chi connectivity index (χ2n) is 9.65. The van der Waals surface area contributed by atoms with E-state index in [4.69, 9.17) is 15.3 Å². The molecular weight excluding hydrogens is 452 g/mol. The van der Waals surface area contributed by atoms with Gasteiger partial charge in [0.2, 0.25) is 0 Å². The Morgan fingerprint density at radius 3 is 2.56 bits per heavy atom. The molecule has 8 nitrogen and oxygen atoms in total. The standard InChI is InChI=1S/C28H28N6O2/c1-17(2)26-25-22(20-7-8-24(30-16-20)33-11-9-19(15-29)10-12-33)14-23(28(35)36)31-27(25)34(32-26)21-6-4-5-18(3)13-21/h4-8,13-14,16-17,19H,9-12H2,1-3H3,(H,35,36). The van der Waals surface area contributed by atoms with Gasteiger partial charge in [-0.3, -0.25) is 0 Å². The van der Waals surface area contributed by atoms with Gasteiger partial charge >= 0.3 is 5.97 Å². The van der Waals surface area contributed by atoms with E-state index < -0.39 is 5.97 Å². The number of carboxylic acids is 1. The fraction of sp³-hybridized carbons (Fsp3) is 0.321. The number of aromatic carboxylic acids is 1. The molecule has 0 amide bonds. The molecule has 1 aliphatic heterocycles. The van der Waals surface area contributed by atoms with Crippen LogP contribution in [-0.4, -0.2) is 43.9 Å². The van der Waals surface area contributed by atoms with Crippen LogP contribution in [0, 0.1) is 24.2 Å². The third-order valence-corrected chi connectivity index (χ3v) is 6.74. The normalized spacial score (nSPS) is 14.4. The maximum Gasteiger partial charge on any atom is 0.354 e. The average Bonchev–Trinajstić information content (AvgIpc) is 3.28. The van der Waals surface area contributed by atoms with Gasteiger partial charge in [-0.2, -0.15) is 10.4 Å². The third kappa shape index (κ3) is 4.29. The number of aromatic nitrogens is 4. The molecule has 1 aromatic carbocycles. The highest BCUT2D eigenvalue weighted by molar-refractivity contribution is 6.00. The lowest BCUT2D eigenvalue weighted by molar-refractivity contribution is 0.0691. The molecule has 0 saturated carbocycles. The Hall–Kier alpha value is -4.25. The number of pyridine rings is 2. The molecule has 0 atom stereocenters. The first-order valence-electron chi connectivity index (χ1n) is 12.2. The number of rotatable bonds is 5. The third-order valence-electron chi connectivity index (χ3n) is 6.74. The van der Waals surface area contributed by atoms with E-state index in [1.165, 1.54) is 0 Å². The number of carboxylic acid groups (broad SMARTS) is 1. The summed E-state index contributed by atoms with van der Waals surface area (Å²) in [5, 5.41) is 24.8. The molecule has 182 valence electrons. The van der Waals surface area contributed by atoms with E-state index in [0.29, 0.717) is 5.65 Å². The summed E-state index contributed by atoms with van der Waals surface area (Å²) in [6.07, 6.45) is 3.46. The first kappa shape index (κ1) is 23.5. The van der Waals surface area contributed by atoms with Crippen LogP contribution in [-0.2, 0) is 0 Å². The number of nitrogens with zero attached hydrogens (tertiary/aromatic N) is 6. The second-order valence-corrected chi connectivity index (χ2v) is 9.65. The highest BCUT2D eigenvalue weighted by atomic mass is 16.4. The molecule has 5 rings (SSSR count). The van der Waals surface area contributed by atoms with Gasteiger partial charge in [-0.15, -0.1) is 0 Å². The van der Waals surface area contributed by atoms with Crippen molar-refractivity contribution in [2.45, 2.75) is 39.5 Å². The summed E-state index contributed by atoms with van der Waals surface area (Å²) in [4.78, 5) is 23.5. The van der Waals surface area contributed by atoms with E-state index in [9.17, 15) is 9.90 Å². The zero-order chi connectivity index (χ0) is 25.4. The highest BCUT2D eigenvalue weighted by Crippen LogP contribution is 2.36. The molecule has 36 heavy (non-hydrogen) atoms. The van der Waals surface area contributed by atoms with Gasteiger partial charge in [0, 0.05) is 30.8 Å². The van der Waals surface area contributed by atoms with Gasteiger partial charge in [0.1, 0.15) is 5.82 Å². The van der Waals surface area contributed by atoms with Crippen molar-refractivity contribution in [1.82, 2.24) is 19.7 Å². The van der Waals surface area contributed by atoms with Gasteiger partial charge in [0.25, 0.3) is 0 Å². The minimum atomic E-state index is -1.09. The van der Waals surface area contributed by atoms with Crippen LogP contribution in [0.1, 0.15) is 54.4 Å². The van der Waals surface area contributed by atoms with Crippen LogP contribution in [0.25, 0.3) is 27.8 Å². The van der Waals surface area contributed by atoms with E-state index in [2.05, 4.69) is 29.8 Å². The molecular formula is C28H28N6O2. The summed E-state index contributed by atoms with van der Waals surface area (Å²) >= 11 is 0. The predicted molar refractivity (Wildman–Crippen MR) is 138 cm³/mol. The zero-order valence-electron chi connectivity index (χ0n) is 20.6. The van der Waals surface area contributed by atoms with Gasteiger partial charge in [-0.05, 0) is 67.1 Å². The zero-order valence-corrected chi connectivity index (χ0v) is 20.6. The topological polar surface area (TPSA) is 108 Å². The van der Waals surface area contributed by atoms with Crippen LogP contribution < -0.4 is 4.90 Å². The van der Waals surface area contributed by atoms with E-state index in [0.717, 1.165) is 65.2 Å². The molecule has 4 heterocycles. The minimum absolute atomic E-state index is 0.0377. The summed E-state index contributed by atoms with van der Waals surface area (Å²) in [5.74, 6) is -0.0208. The Balaban J connectivity index is 1.65. The minimum Gasteiger partial charge on any atom is -0.477 e. The molecule has 0 aliphatic carbocycles. The summed E-state index contributed by atoms with van der Waals surface area (Å²) in [6, 6.07) is 15.9. The van der Waals surface area contributed by atoms with Gasteiger partial charge in [-0.25, -0.2) is 19.4 Å². The van der Waals surface area contributed by atoms with E-state index in [1.54, 1.807) is 16.9 Å². The summed E-state index contributed by atoms with van der Waals surface area (Å²) in [7, 11) is 0. The molecule has 0 radical (unpaired) electrons. The molecule has 0 bridgehead atoms. The summed E-state index contributed by atoms with van der Waals surface area (Å²) < 4.78 is 1.74. The number of hydrogen-bond donors (Lipinski definition) is 1. The smallest absolute Gasteiger partial charge is 0.354 e. The maximum atomic E-state index is 12.0. The van der Waals surface area contributed by atoms with Crippen LogP contribution in [0.2, 0.25) is 0 Å². The summed E-state index contributed by atoms with van der Waals surface area (Å²) in [5.41, 5.74) is 4.81. The molecule has 1 fully saturated rings. The van der Waals surface area contributed by atoms with E-state index >= 15 is 0 Å². The Morgan fingerprint density at radius 1 is 1.17 bits per heavy atom. The van der Waals surface area contributed by atoms with Crippen LogP contribution in [0.3, 0.4) is 0 Å². The fourth-order valence-corrected chi connectivity index (χ4v) is 4.79. The maximum absolute atomic E-state index is 12.0. The van der Waals surface area contributed by atoms with Crippen LogP contribution >= 0.6 is 0 Å². The van der Waals surface area contributed by atoms with Crippen molar-refractivity contribution in [3.8, 4) is 22.9 Å². The molecule has 1 N–H and O–H groups in total. The Morgan fingerprint density at radius 2 is 1.94 bits per heavy atom. The van der Waals surface area contributed by atoms with Gasteiger partial charge in [0.05, 0.1) is 22.8 Å². The van der Waals surface area contributed by atoms with Crippen LogP contribution in [0.5, 0.6) is 0 Å². The first-order valence-corrected chi connectivity index (χ1v) is 12.2. The molecule has 8 heteroatoms. The largest absolute Gasteiger partial charge is 0.477 e. The van der Waals surface area contributed by atoms with Crippen molar-refractivity contribution in [2.24, 2.45) is 5.92 Å². The fourth-order valence-electron chi connectivity index (χ4n) is 4.79. The first-order chi connectivity index (χ1) is 17.4. The predicted octanol–water partition coefficient (Wildman–Crippen LogP) is 5.35. The molecule has 3 aromatic heterocycles. The van der Waals surface area contributed by atoms with Crippen molar-refractivity contribution in [1.29, 1.82) is 5.26 Å². The number of piperidine rings is 1. The number of aryl methyl sites for hydroxylation is 1. The van der Waals surface area contributed by atoms with Gasteiger partial charge < -0.3 is 10.0 Å². The molecule has 0 unspecified atom stereocenters. The monoisotopic (exact) mass is 480 g/mol. The molecule has 1 saturated heterocycles. The lowest BCUT2D eigenvalue weighted by Gasteiger charge is -2.30. The van der Waals surface area contributed by atoms with Crippen molar-refractivity contribution >= 4 is 22.8 Å². The number of anilines is 1. The Labute approximate surface area is 209 Å². The van der Waals surface area contributed by atoms with Crippen LogP contribution in [0.4, 0.5) is 5.82 Å². The molecule has 4 aromatic rings. The molecule has 0 spiro atoms. The highest BCUT2D eigenvalue weighted by Gasteiger charge is 2.24. The number of carbonyl (C=O) groups is 1. The number of hydrogen-bond acceptors (Lipinski definition) is 6. The van der Waals surface area contributed by atoms with Crippen molar-refractivity contribution in [3.05, 3.63) is 65.6 Å². The van der Waals surface area contributed by atoms with Gasteiger partial charge in [0.15, 0.2) is 11.3 Å². The number of benzene rings is 1. The SMILES string of the molecule is Cc1cccc(-n2nc(C(C)C)c3c(-c4ccc(N5CCC(C#N)CC5)nc4)cc(C(=O)O)nc32)c1. The van der Waals surface area contributed by atoms with E-state index in [1.807, 2.05) is 43.3 Å². The lowest BCUT2D eigenvalue weighted by Crippen LogP contribution is -2.33. The number of nitriles is 1. The Kier molecular flexibility index (Phi) is 6.15. The molecule has 1 aliphatic rings. The average molecular weight is 481 g/mol. The van der Waals surface area contributed by atoms with Crippen LogP contribution in [0.15, 0.2) is 48.7 Å². The van der Waals surface area contributed by atoms with Crippen molar-refractivity contribution in [2.75, 3.05) is 18.0 Å².